The largest absolute Gasteiger partial charge is 0.343 e. The summed E-state index contributed by atoms with van der Waals surface area (Å²) in [6.07, 6.45) is 3.21. The monoisotopic (exact) mass is 464 g/mol. The summed E-state index contributed by atoms with van der Waals surface area (Å²) < 4.78 is 27.8. The number of likely N-dealkylation sites (tertiary alicyclic amines) is 1. The van der Waals surface area contributed by atoms with Crippen LogP contribution in [0.3, 0.4) is 0 Å². The lowest BCUT2D eigenvalue weighted by Crippen LogP contribution is -2.40. The van der Waals surface area contributed by atoms with E-state index in [1.165, 1.54) is 11.6 Å². The molecule has 5 nitrogen and oxygen atoms in total. The van der Waals surface area contributed by atoms with Crippen LogP contribution in [-0.4, -0.2) is 38.9 Å². The molecule has 1 fully saturated rings. The van der Waals surface area contributed by atoms with Crippen LogP contribution < -0.4 is 4.72 Å². The quantitative estimate of drug-likeness (QED) is 0.680. The van der Waals surface area contributed by atoms with Gasteiger partial charge in [-0.15, -0.1) is 0 Å². The fraction of sp³-hybridized carbons (Fsp3) is 0.381. The van der Waals surface area contributed by atoms with Crippen LogP contribution >= 0.6 is 15.9 Å². The van der Waals surface area contributed by atoms with Crippen LogP contribution in [0.25, 0.3) is 0 Å². The number of nitrogens with one attached hydrogen (secondary N) is 1. The Bertz CT molecular complexity index is 895. The minimum Gasteiger partial charge on any atom is -0.343 e. The van der Waals surface area contributed by atoms with Gasteiger partial charge in [0.1, 0.15) is 0 Å². The summed E-state index contributed by atoms with van der Waals surface area (Å²) in [5.41, 5.74) is 1.34. The van der Waals surface area contributed by atoms with Crippen LogP contribution in [0.5, 0.6) is 0 Å². The zero-order chi connectivity index (χ0) is 20.0. The van der Waals surface area contributed by atoms with Crippen molar-refractivity contribution in [2.75, 3.05) is 19.6 Å². The van der Waals surface area contributed by atoms with E-state index in [9.17, 15) is 13.2 Å². The van der Waals surface area contributed by atoms with E-state index in [0.717, 1.165) is 32.4 Å². The van der Waals surface area contributed by atoms with Gasteiger partial charge in [-0.25, -0.2) is 13.1 Å². The maximum atomic E-state index is 12.4. The van der Waals surface area contributed by atoms with Gasteiger partial charge in [-0.3, -0.25) is 4.79 Å². The molecule has 28 heavy (non-hydrogen) atoms. The third-order valence-electron chi connectivity index (χ3n) is 5.07. The number of carbonyl (C=O) groups is 1. The first kappa shape index (κ1) is 21.0. The first-order valence-electron chi connectivity index (χ1n) is 9.51. The lowest BCUT2D eigenvalue weighted by Gasteiger charge is -2.32. The van der Waals surface area contributed by atoms with E-state index in [2.05, 4.69) is 44.9 Å². The Labute approximate surface area is 175 Å². The van der Waals surface area contributed by atoms with Crippen LogP contribution in [0.1, 0.15) is 24.8 Å². The Balaban J connectivity index is 1.42. The molecule has 0 spiro atoms. The van der Waals surface area contributed by atoms with Crippen molar-refractivity contribution in [2.24, 2.45) is 5.92 Å². The van der Waals surface area contributed by atoms with E-state index < -0.39 is 10.0 Å². The Hall–Kier alpha value is -1.70. The van der Waals surface area contributed by atoms with Gasteiger partial charge in [0.15, 0.2) is 0 Å². The highest BCUT2D eigenvalue weighted by atomic mass is 79.9. The van der Waals surface area contributed by atoms with Gasteiger partial charge in [0.2, 0.25) is 15.9 Å². The average Bonchev–Trinajstić information content (AvgIpc) is 2.69. The number of halogens is 1. The number of benzene rings is 2. The van der Waals surface area contributed by atoms with Gasteiger partial charge in [-0.05, 0) is 48.9 Å². The minimum absolute atomic E-state index is 0.00935. The van der Waals surface area contributed by atoms with E-state index in [4.69, 9.17) is 0 Å². The molecule has 1 N–H and O–H groups in total. The van der Waals surface area contributed by atoms with Crippen molar-refractivity contribution in [3.63, 3.8) is 0 Å². The second-order valence-corrected chi connectivity index (χ2v) is 9.80. The van der Waals surface area contributed by atoms with Gasteiger partial charge in [0.25, 0.3) is 0 Å². The minimum atomic E-state index is -3.60. The molecule has 0 unspecified atom stereocenters. The lowest BCUT2D eigenvalue weighted by molar-refractivity contribution is -0.132. The summed E-state index contributed by atoms with van der Waals surface area (Å²) in [5, 5.41) is 0. The average molecular weight is 465 g/mol. The molecule has 3 rings (SSSR count). The summed E-state index contributed by atoms with van der Waals surface area (Å²) in [7, 11) is -3.60. The third kappa shape index (κ3) is 5.90. The van der Waals surface area contributed by atoms with Crippen molar-refractivity contribution in [2.45, 2.75) is 30.6 Å². The normalized spacial score (nSPS) is 15.5. The van der Waals surface area contributed by atoms with Crippen molar-refractivity contribution < 1.29 is 13.2 Å². The number of sulfonamides is 1. The van der Waals surface area contributed by atoms with E-state index in [0.29, 0.717) is 10.4 Å². The molecule has 0 aromatic heterocycles. The Morgan fingerprint density at radius 2 is 1.79 bits per heavy atom. The van der Waals surface area contributed by atoms with Gasteiger partial charge in [0.05, 0.1) is 4.90 Å². The Morgan fingerprint density at radius 1 is 1.07 bits per heavy atom. The third-order valence-corrected chi connectivity index (χ3v) is 7.02. The molecule has 7 heteroatoms. The first-order valence-corrected chi connectivity index (χ1v) is 11.8. The van der Waals surface area contributed by atoms with Crippen LogP contribution in [0, 0.1) is 5.92 Å². The first-order chi connectivity index (χ1) is 13.4. The molecule has 2 aromatic rings. The maximum Gasteiger partial charge on any atom is 0.240 e. The maximum absolute atomic E-state index is 12.4. The van der Waals surface area contributed by atoms with Gasteiger partial charge in [0, 0.05) is 30.5 Å². The molecule has 0 aliphatic carbocycles. The van der Waals surface area contributed by atoms with Gasteiger partial charge in [-0.1, -0.05) is 52.3 Å². The van der Waals surface area contributed by atoms with Gasteiger partial charge in [-0.2, -0.15) is 0 Å². The summed E-state index contributed by atoms with van der Waals surface area (Å²) in [6.45, 7) is 1.60. The molecular formula is C21H25BrN2O3S. The highest BCUT2D eigenvalue weighted by molar-refractivity contribution is 9.10. The van der Waals surface area contributed by atoms with E-state index in [1.807, 2.05) is 11.0 Å². The number of rotatable bonds is 7. The number of hydrogen-bond acceptors (Lipinski definition) is 3. The summed E-state index contributed by atoms with van der Waals surface area (Å²) in [4.78, 5) is 14.5. The SMILES string of the molecule is O=C(CCNS(=O)(=O)c1cccc(Br)c1)N1CCC(Cc2ccccc2)CC1. The van der Waals surface area contributed by atoms with Gasteiger partial charge < -0.3 is 4.90 Å². The van der Waals surface area contributed by atoms with Crippen LogP contribution in [0.2, 0.25) is 0 Å². The predicted octanol–water partition coefficient (Wildman–Crippen LogP) is 3.60. The molecule has 1 saturated heterocycles. The molecule has 1 heterocycles. The zero-order valence-electron chi connectivity index (χ0n) is 15.7. The number of hydrogen-bond donors (Lipinski definition) is 1. The molecular weight excluding hydrogens is 440 g/mol. The summed E-state index contributed by atoms with van der Waals surface area (Å²) in [6, 6.07) is 17.0. The topological polar surface area (TPSA) is 66.5 Å². The Kier molecular flexibility index (Phi) is 7.26. The van der Waals surface area contributed by atoms with Crippen LogP contribution in [0.15, 0.2) is 64.0 Å². The Morgan fingerprint density at radius 3 is 2.46 bits per heavy atom. The summed E-state index contributed by atoms with van der Waals surface area (Å²) in [5.74, 6) is 0.608. The van der Waals surface area contributed by atoms with Crippen molar-refractivity contribution in [1.82, 2.24) is 9.62 Å². The van der Waals surface area contributed by atoms with Crippen molar-refractivity contribution >= 4 is 31.9 Å². The van der Waals surface area contributed by atoms with Crippen molar-refractivity contribution in [3.05, 3.63) is 64.6 Å². The lowest BCUT2D eigenvalue weighted by atomic mass is 9.90. The predicted molar refractivity (Wildman–Crippen MR) is 113 cm³/mol. The molecule has 1 aliphatic heterocycles. The standard InChI is InChI=1S/C21H25BrN2O3S/c22-19-7-4-8-20(16-19)28(26,27)23-12-9-21(25)24-13-10-18(11-14-24)15-17-5-2-1-3-6-17/h1-8,16,18,23H,9-15H2. The molecule has 0 radical (unpaired) electrons. The van der Waals surface area contributed by atoms with E-state index in [1.54, 1.807) is 18.2 Å². The number of amides is 1. The highest BCUT2D eigenvalue weighted by Crippen LogP contribution is 2.22. The molecule has 0 bridgehead atoms. The number of piperidine rings is 1. The second-order valence-electron chi connectivity index (χ2n) is 7.12. The molecule has 0 saturated carbocycles. The number of nitrogens with zero attached hydrogens (tertiary/aromatic N) is 1. The van der Waals surface area contributed by atoms with Crippen LogP contribution in [0.4, 0.5) is 0 Å². The van der Waals surface area contributed by atoms with E-state index >= 15 is 0 Å². The molecule has 150 valence electrons. The fourth-order valence-corrected chi connectivity index (χ4v) is 5.13. The molecule has 2 aromatic carbocycles. The van der Waals surface area contributed by atoms with Crippen molar-refractivity contribution in [1.29, 1.82) is 0 Å². The van der Waals surface area contributed by atoms with E-state index in [-0.39, 0.29) is 23.8 Å². The highest BCUT2D eigenvalue weighted by Gasteiger charge is 2.23. The smallest absolute Gasteiger partial charge is 0.240 e. The fourth-order valence-electron chi connectivity index (χ4n) is 3.50. The van der Waals surface area contributed by atoms with Crippen LogP contribution in [-0.2, 0) is 21.2 Å². The molecule has 1 aliphatic rings. The molecule has 0 atom stereocenters. The zero-order valence-corrected chi connectivity index (χ0v) is 18.1. The second kappa shape index (κ2) is 9.67. The molecule has 1 amide bonds. The number of carbonyl (C=O) groups excluding carboxylic acids is 1. The van der Waals surface area contributed by atoms with Gasteiger partial charge >= 0.3 is 0 Å². The summed E-state index contributed by atoms with van der Waals surface area (Å²) >= 11 is 3.27. The van der Waals surface area contributed by atoms with Crippen molar-refractivity contribution in [3.8, 4) is 0 Å².